The molecule has 23 heavy (non-hydrogen) atoms. The lowest BCUT2D eigenvalue weighted by Crippen LogP contribution is -2.51. The summed E-state index contributed by atoms with van der Waals surface area (Å²) in [5.74, 6) is 0.233. The van der Waals surface area contributed by atoms with E-state index >= 15 is 0 Å². The molecule has 0 atom stereocenters. The smallest absolute Gasteiger partial charge is 0.236 e. The molecule has 0 spiro atoms. The van der Waals surface area contributed by atoms with Gasteiger partial charge < -0.3 is 9.80 Å². The number of hydrogen-bond donors (Lipinski definition) is 0. The Kier molecular flexibility index (Phi) is 6.22. The van der Waals surface area contributed by atoms with Crippen LogP contribution in [0.1, 0.15) is 19.4 Å². The van der Waals surface area contributed by atoms with E-state index in [2.05, 4.69) is 54.5 Å². The molecule has 0 bridgehead atoms. The first-order chi connectivity index (χ1) is 11.0. The van der Waals surface area contributed by atoms with E-state index in [1.54, 1.807) is 0 Å². The third kappa shape index (κ3) is 5.10. The fourth-order valence-corrected chi connectivity index (χ4v) is 2.99. The predicted octanol–water partition coefficient (Wildman–Crippen LogP) is 2.54. The Balaban J connectivity index is 1.86. The monoisotopic (exact) mass is 315 g/mol. The lowest BCUT2D eigenvalue weighted by molar-refractivity contribution is -0.132. The number of aryl methyl sites for hydroxylation is 1. The van der Waals surface area contributed by atoms with Gasteiger partial charge in [0.1, 0.15) is 0 Å². The summed E-state index contributed by atoms with van der Waals surface area (Å²) in [6, 6.07) is 8.57. The van der Waals surface area contributed by atoms with Crippen molar-refractivity contribution in [2.45, 2.75) is 20.8 Å². The molecule has 1 aliphatic rings. The van der Waals surface area contributed by atoms with Crippen LogP contribution in [0.25, 0.3) is 0 Å². The molecule has 1 fully saturated rings. The van der Waals surface area contributed by atoms with Crippen LogP contribution in [0.3, 0.4) is 0 Å². The van der Waals surface area contributed by atoms with Crippen LogP contribution in [0, 0.1) is 6.92 Å². The molecule has 1 heterocycles. The molecule has 0 aromatic heterocycles. The lowest BCUT2D eigenvalue weighted by Gasteiger charge is -2.37. The summed E-state index contributed by atoms with van der Waals surface area (Å²) in [5, 5.41) is 0. The summed E-state index contributed by atoms with van der Waals surface area (Å²) >= 11 is 0. The number of amides is 1. The molecule has 0 unspecified atom stereocenters. The number of likely N-dealkylation sites (N-methyl/N-ethyl adjacent to an activating group) is 1. The van der Waals surface area contributed by atoms with Crippen LogP contribution < -0.4 is 4.90 Å². The van der Waals surface area contributed by atoms with Crippen molar-refractivity contribution in [2.75, 3.05) is 50.7 Å². The van der Waals surface area contributed by atoms with Crippen molar-refractivity contribution < 1.29 is 4.79 Å². The van der Waals surface area contributed by atoms with E-state index in [1.807, 2.05) is 11.8 Å². The fourth-order valence-electron chi connectivity index (χ4n) is 2.99. The van der Waals surface area contributed by atoms with Crippen LogP contribution in [0.2, 0.25) is 0 Å². The summed E-state index contributed by atoms with van der Waals surface area (Å²) in [4.78, 5) is 19.0. The summed E-state index contributed by atoms with van der Waals surface area (Å²) in [6.07, 6.45) is 0. The molecule has 0 saturated carbocycles. The molecule has 1 saturated heterocycles. The molecule has 0 aliphatic carbocycles. The van der Waals surface area contributed by atoms with Crippen molar-refractivity contribution >= 4 is 11.6 Å². The van der Waals surface area contributed by atoms with Crippen LogP contribution in [-0.2, 0) is 4.79 Å². The maximum Gasteiger partial charge on any atom is 0.236 e. The van der Waals surface area contributed by atoms with Crippen LogP contribution >= 0.6 is 0 Å². The average Bonchev–Trinajstić information content (AvgIpc) is 2.54. The van der Waals surface area contributed by atoms with Crippen LogP contribution in [0.4, 0.5) is 5.69 Å². The topological polar surface area (TPSA) is 26.8 Å². The number of rotatable bonds is 6. The molecule has 1 amide bonds. The van der Waals surface area contributed by atoms with Crippen molar-refractivity contribution in [2.24, 2.45) is 0 Å². The van der Waals surface area contributed by atoms with Gasteiger partial charge in [0.05, 0.1) is 6.54 Å². The van der Waals surface area contributed by atoms with E-state index in [0.717, 1.165) is 44.8 Å². The number of piperazine rings is 1. The van der Waals surface area contributed by atoms with Gasteiger partial charge in [-0.1, -0.05) is 31.2 Å². The Morgan fingerprint density at radius 3 is 2.48 bits per heavy atom. The third-order valence-corrected chi connectivity index (χ3v) is 4.30. The Morgan fingerprint density at radius 2 is 1.91 bits per heavy atom. The molecular weight excluding hydrogens is 286 g/mol. The lowest BCUT2D eigenvalue weighted by atomic mass is 10.2. The Labute approximate surface area is 140 Å². The normalized spacial score (nSPS) is 15.1. The van der Waals surface area contributed by atoms with Gasteiger partial charge >= 0.3 is 0 Å². The minimum Gasteiger partial charge on any atom is -0.368 e. The van der Waals surface area contributed by atoms with Gasteiger partial charge in [0.2, 0.25) is 5.91 Å². The van der Waals surface area contributed by atoms with E-state index in [-0.39, 0.29) is 5.91 Å². The number of carbonyl (C=O) groups is 1. The number of anilines is 1. The van der Waals surface area contributed by atoms with Gasteiger partial charge in [0, 0.05) is 38.4 Å². The number of benzene rings is 1. The summed E-state index contributed by atoms with van der Waals surface area (Å²) in [6.45, 7) is 15.7. The Morgan fingerprint density at radius 1 is 1.22 bits per heavy atom. The fraction of sp³-hybridized carbons (Fsp3) is 0.526. The second-order valence-corrected chi connectivity index (χ2v) is 6.47. The summed E-state index contributed by atoms with van der Waals surface area (Å²) in [7, 11) is 0. The van der Waals surface area contributed by atoms with Gasteiger partial charge in [-0.2, -0.15) is 0 Å². The minimum absolute atomic E-state index is 0.233. The van der Waals surface area contributed by atoms with E-state index in [4.69, 9.17) is 0 Å². The number of nitrogens with zero attached hydrogens (tertiary/aromatic N) is 3. The zero-order valence-corrected chi connectivity index (χ0v) is 14.7. The van der Waals surface area contributed by atoms with Gasteiger partial charge in [-0.3, -0.25) is 9.69 Å². The molecule has 4 heteroatoms. The van der Waals surface area contributed by atoms with Crippen molar-refractivity contribution in [3.8, 4) is 0 Å². The Hall–Kier alpha value is -1.81. The van der Waals surface area contributed by atoms with Gasteiger partial charge in [-0.25, -0.2) is 0 Å². The van der Waals surface area contributed by atoms with Crippen LogP contribution in [-0.4, -0.2) is 61.5 Å². The third-order valence-electron chi connectivity index (χ3n) is 4.30. The molecule has 0 radical (unpaired) electrons. The van der Waals surface area contributed by atoms with E-state index in [9.17, 15) is 4.79 Å². The zero-order chi connectivity index (χ0) is 16.8. The van der Waals surface area contributed by atoms with Gasteiger partial charge in [0.25, 0.3) is 0 Å². The summed E-state index contributed by atoms with van der Waals surface area (Å²) < 4.78 is 0. The molecule has 0 N–H and O–H groups in total. The maximum absolute atomic E-state index is 12.5. The molecular formula is C19H29N3O. The minimum atomic E-state index is 0.233. The van der Waals surface area contributed by atoms with Crippen LogP contribution in [0.15, 0.2) is 36.4 Å². The first-order valence-electron chi connectivity index (χ1n) is 8.45. The van der Waals surface area contributed by atoms with Crippen LogP contribution in [0.5, 0.6) is 0 Å². The standard InChI is InChI=1S/C19H29N3O/c1-5-20(14-16(2)3)15-19(23)22-11-9-21(10-12-22)18-8-6-7-17(4)13-18/h6-8,13H,2,5,9-12,14-15H2,1,3-4H3. The molecule has 4 nitrogen and oxygen atoms in total. The highest BCUT2D eigenvalue weighted by Gasteiger charge is 2.22. The highest BCUT2D eigenvalue weighted by molar-refractivity contribution is 5.78. The van der Waals surface area contributed by atoms with Crippen molar-refractivity contribution in [1.29, 1.82) is 0 Å². The highest BCUT2D eigenvalue weighted by atomic mass is 16.2. The number of hydrogen-bond acceptors (Lipinski definition) is 3. The van der Waals surface area contributed by atoms with Gasteiger partial charge in [0.15, 0.2) is 0 Å². The average molecular weight is 315 g/mol. The maximum atomic E-state index is 12.5. The largest absolute Gasteiger partial charge is 0.368 e. The zero-order valence-electron chi connectivity index (χ0n) is 14.7. The van der Waals surface area contributed by atoms with Gasteiger partial charge in [-0.05, 0) is 38.1 Å². The molecule has 1 aromatic rings. The number of carbonyl (C=O) groups excluding carboxylic acids is 1. The predicted molar refractivity (Wildman–Crippen MR) is 96.9 cm³/mol. The van der Waals surface area contributed by atoms with E-state index in [1.165, 1.54) is 11.3 Å². The van der Waals surface area contributed by atoms with E-state index in [0.29, 0.717) is 6.54 Å². The quantitative estimate of drug-likeness (QED) is 0.755. The highest BCUT2D eigenvalue weighted by Crippen LogP contribution is 2.17. The second-order valence-electron chi connectivity index (χ2n) is 6.47. The van der Waals surface area contributed by atoms with Crippen molar-refractivity contribution in [3.05, 3.63) is 42.0 Å². The molecule has 126 valence electrons. The van der Waals surface area contributed by atoms with Crippen molar-refractivity contribution in [3.63, 3.8) is 0 Å². The second kappa shape index (κ2) is 8.16. The SMILES string of the molecule is C=C(C)CN(CC)CC(=O)N1CCN(c2cccc(C)c2)CC1. The van der Waals surface area contributed by atoms with E-state index < -0.39 is 0 Å². The Bertz CT molecular complexity index is 547. The first-order valence-corrected chi connectivity index (χ1v) is 8.45. The van der Waals surface area contributed by atoms with Crippen molar-refractivity contribution in [1.82, 2.24) is 9.80 Å². The molecule has 1 aliphatic heterocycles. The van der Waals surface area contributed by atoms with Gasteiger partial charge in [-0.15, -0.1) is 0 Å². The molecule has 2 rings (SSSR count). The summed E-state index contributed by atoms with van der Waals surface area (Å²) in [5.41, 5.74) is 3.64. The first kappa shape index (κ1) is 17.5. The molecule has 1 aromatic carbocycles.